The van der Waals surface area contributed by atoms with Crippen LogP contribution < -0.4 is 10.5 Å². The van der Waals surface area contributed by atoms with Gasteiger partial charge in [0, 0.05) is 10.6 Å². The Morgan fingerprint density at radius 1 is 1.21 bits per heavy atom. The van der Waals surface area contributed by atoms with Crippen LogP contribution in [-0.4, -0.2) is 12.6 Å². The minimum absolute atomic E-state index is 0.314. The maximum Gasteiger partial charge on any atom is 0.124 e. The van der Waals surface area contributed by atoms with Gasteiger partial charge in [0.25, 0.3) is 0 Å². The molecule has 2 unspecified atom stereocenters. The van der Waals surface area contributed by atoms with Gasteiger partial charge in [-0.05, 0) is 56.2 Å². The van der Waals surface area contributed by atoms with E-state index in [1.54, 1.807) is 0 Å². The molecule has 1 fully saturated rings. The van der Waals surface area contributed by atoms with Crippen molar-refractivity contribution in [3.05, 3.63) is 28.8 Å². The van der Waals surface area contributed by atoms with Gasteiger partial charge in [-0.15, -0.1) is 0 Å². The zero-order chi connectivity index (χ0) is 13.8. The molecule has 0 saturated heterocycles. The Kier molecular flexibility index (Phi) is 5.12. The van der Waals surface area contributed by atoms with E-state index in [0.717, 1.165) is 47.4 Å². The highest BCUT2D eigenvalue weighted by Gasteiger charge is 2.25. The Morgan fingerprint density at radius 2 is 1.89 bits per heavy atom. The summed E-state index contributed by atoms with van der Waals surface area (Å²) in [5.74, 6) is 2.40. The molecule has 2 nitrogen and oxygen atoms in total. The molecule has 1 aliphatic rings. The second-order valence-electron chi connectivity index (χ2n) is 5.91. The molecule has 1 saturated carbocycles. The van der Waals surface area contributed by atoms with E-state index < -0.39 is 0 Å². The predicted molar refractivity (Wildman–Crippen MR) is 80.8 cm³/mol. The summed E-state index contributed by atoms with van der Waals surface area (Å²) in [6, 6.07) is 5.87. The highest BCUT2D eigenvalue weighted by atomic mass is 35.5. The first-order chi connectivity index (χ1) is 9.10. The molecule has 3 heteroatoms. The minimum Gasteiger partial charge on any atom is -0.490 e. The summed E-state index contributed by atoms with van der Waals surface area (Å²) < 4.78 is 6.22. The van der Waals surface area contributed by atoms with E-state index in [0.29, 0.717) is 12.6 Å². The predicted octanol–water partition coefficient (Wildman–Crippen LogP) is 4.04. The van der Waals surface area contributed by atoms with Crippen molar-refractivity contribution in [1.29, 1.82) is 0 Å². The molecule has 2 N–H and O–H groups in total. The Balaban J connectivity index is 2.12. The van der Waals surface area contributed by atoms with Crippen LogP contribution in [0.25, 0.3) is 0 Å². The highest BCUT2D eigenvalue weighted by Crippen LogP contribution is 2.34. The molecule has 106 valence electrons. The third-order valence-corrected chi connectivity index (χ3v) is 4.25. The summed E-state index contributed by atoms with van der Waals surface area (Å²) in [6.45, 7) is 5.22. The van der Waals surface area contributed by atoms with Crippen molar-refractivity contribution >= 4 is 11.6 Å². The smallest absolute Gasteiger partial charge is 0.124 e. The summed E-state index contributed by atoms with van der Waals surface area (Å²) in [4.78, 5) is 0. The Bertz CT molecular complexity index is 411. The van der Waals surface area contributed by atoms with Crippen molar-refractivity contribution in [2.45, 2.75) is 45.6 Å². The average Bonchev–Trinajstić information content (AvgIpc) is 2.32. The van der Waals surface area contributed by atoms with Gasteiger partial charge >= 0.3 is 0 Å². The van der Waals surface area contributed by atoms with E-state index in [1.807, 2.05) is 18.2 Å². The molecular formula is C16H24ClNO. The molecule has 0 heterocycles. The fourth-order valence-electron chi connectivity index (χ4n) is 3.19. The molecule has 2 rings (SSSR count). The standard InChI is InChI=1S/C16H24ClNO/c1-11-8-12(2)10-13(9-11)19-16-5-3-4-15(17)14(16)6-7-18/h3-5,11-13H,6-10,18H2,1-2H3. The third kappa shape index (κ3) is 3.87. The molecule has 0 spiro atoms. The molecule has 2 atom stereocenters. The Morgan fingerprint density at radius 3 is 2.53 bits per heavy atom. The van der Waals surface area contributed by atoms with E-state index >= 15 is 0 Å². The van der Waals surface area contributed by atoms with Gasteiger partial charge in [-0.3, -0.25) is 0 Å². The zero-order valence-electron chi connectivity index (χ0n) is 11.9. The number of ether oxygens (including phenoxy) is 1. The van der Waals surface area contributed by atoms with Crippen molar-refractivity contribution in [3.8, 4) is 5.75 Å². The quantitative estimate of drug-likeness (QED) is 0.904. The lowest BCUT2D eigenvalue weighted by Gasteiger charge is -2.32. The average molecular weight is 282 g/mol. The maximum atomic E-state index is 6.25. The fourth-order valence-corrected chi connectivity index (χ4v) is 3.45. The molecule has 0 amide bonds. The largest absolute Gasteiger partial charge is 0.490 e. The Hall–Kier alpha value is -0.730. The fraction of sp³-hybridized carbons (Fsp3) is 0.625. The number of halogens is 1. The second kappa shape index (κ2) is 6.62. The van der Waals surface area contributed by atoms with Crippen molar-refractivity contribution in [2.75, 3.05) is 6.54 Å². The number of hydrogen-bond acceptors (Lipinski definition) is 2. The molecule has 0 aliphatic heterocycles. The highest BCUT2D eigenvalue weighted by molar-refractivity contribution is 6.31. The van der Waals surface area contributed by atoms with Crippen molar-refractivity contribution in [1.82, 2.24) is 0 Å². The van der Waals surface area contributed by atoms with Crippen molar-refractivity contribution in [2.24, 2.45) is 17.6 Å². The van der Waals surface area contributed by atoms with Gasteiger partial charge in [-0.1, -0.05) is 31.5 Å². The normalized spacial score (nSPS) is 27.3. The number of hydrogen-bond donors (Lipinski definition) is 1. The van der Waals surface area contributed by atoms with Crippen LogP contribution in [0, 0.1) is 11.8 Å². The van der Waals surface area contributed by atoms with E-state index in [-0.39, 0.29) is 0 Å². The van der Waals surface area contributed by atoms with Crippen LogP contribution >= 0.6 is 11.6 Å². The molecule has 1 aromatic carbocycles. The topological polar surface area (TPSA) is 35.2 Å². The number of rotatable bonds is 4. The van der Waals surface area contributed by atoms with Crippen molar-refractivity contribution in [3.63, 3.8) is 0 Å². The van der Waals surface area contributed by atoms with Gasteiger partial charge in [0.15, 0.2) is 0 Å². The summed E-state index contributed by atoms with van der Waals surface area (Å²) in [5, 5.41) is 0.764. The second-order valence-corrected chi connectivity index (χ2v) is 6.32. The number of benzene rings is 1. The van der Waals surface area contributed by atoms with Gasteiger partial charge < -0.3 is 10.5 Å². The first-order valence-corrected chi connectivity index (χ1v) is 7.62. The minimum atomic E-state index is 0.314. The lowest BCUT2D eigenvalue weighted by atomic mass is 9.82. The van der Waals surface area contributed by atoms with Crippen molar-refractivity contribution < 1.29 is 4.74 Å². The lowest BCUT2D eigenvalue weighted by molar-refractivity contribution is 0.100. The van der Waals surface area contributed by atoms with Crippen LogP contribution in [0.4, 0.5) is 0 Å². The van der Waals surface area contributed by atoms with Gasteiger partial charge in [0.2, 0.25) is 0 Å². The van der Waals surface area contributed by atoms with Gasteiger partial charge in [0.05, 0.1) is 6.10 Å². The van der Waals surface area contributed by atoms with E-state index in [9.17, 15) is 0 Å². The van der Waals surface area contributed by atoms with Crippen LogP contribution in [0.2, 0.25) is 5.02 Å². The summed E-state index contributed by atoms with van der Waals surface area (Å²) in [7, 11) is 0. The maximum absolute atomic E-state index is 6.25. The summed E-state index contributed by atoms with van der Waals surface area (Å²) >= 11 is 6.25. The number of nitrogens with two attached hydrogens (primary N) is 1. The third-order valence-electron chi connectivity index (χ3n) is 3.90. The molecular weight excluding hydrogens is 258 g/mol. The van der Waals surface area contributed by atoms with E-state index in [4.69, 9.17) is 22.1 Å². The van der Waals surface area contributed by atoms with Gasteiger partial charge in [-0.25, -0.2) is 0 Å². The first-order valence-electron chi connectivity index (χ1n) is 7.24. The van der Waals surface area contributed by atoms with E-state index in [2.05, 4.69) is 13.8 Å². The first kappa shape index (κ1) is 14.7. The van der Waals surface area contributed by atoms with Crippen LogP contribution in [0.3, 0.4) is 0 Å². The molecule has 0 aromatic heterocycles. The summed E-state index contributed by atoms with van der Waals surface area (Å²) in [6.07, 6.45) is 4.67. The SMILES string of the molecule is CC1CC(C)CC(Oc2cccc(Cl)c2CCN)C1. The Labute approximate surface area is 121 Å². The van der Waals surface area contributed by atoms with Gasteiger partial charge in [-0.2, -0.15) is 0 Å². The van der Waals surface area contributed by atoms with Crippen LogP contribution in [0.15, 0.2) is 18.2 Å². The summed E-state index contributed by atoms with van der Waals surface area (Å²) in [5.41, 5.74) is 6.71. The molecule has 0 bridgehead atoms. The molecule has 1 aliphatic carbocycles. The van der Waals surface area contributed by atoms with Crippen LogP contribution in [0.5, 0.6) is 5.75 Å². The van der Waals surface area contributed by atoms with Gasteiger partial charge in [0.1, 0.15) is 5.75 Å². The lowest BCUT2D eigenvalue weighted by Crippen LogP contribution is -2.28. The molecule has 0 radical (unpaired) electrons. The molecule has 1 aromatic rings. The molecule has 19 heavy (non-hydrogen) atoms. The monoisotopic (exact) mass is 281 g/mol. The zero-order valence-corrected chi connectivity index (χ0v) is 12.6. The van der Waals surface area contributed by atoms with E-state index in [1.165, 1.54) is 6.42 Å². The van der Waals surface area contributed by atoms with Crippen LogP contribution in [0.1, 0.15) is 38.7 Å². The van der Waals surface area contributed by atoms with Crippen LogP contribution in [-0.2, 0) is 6.42 Å².